The van der Waals surface area contributed by atoms with Crippen molar-refractivity contribution in [2.24, 2.45) is 0 Å². The number of nitrogens with zero attached hydrogens (tertiary/aromatic N) is 1. The molecule has 1 fully saturated rings. The number of aliphatic hydroxyl groups is 1. The molecule has 0 radical (unpaired) electrons. The maximum absolute atomic E-state index is 12.0. The van der Waals surface area contributed by atoms with Crippen LogP contribution >= 0.6 is 0 Å². The molecule has 1 aliphatic carbocycles. The number of aliphatic hydroxyl groups excluding tert-OH is 1. The van der Waals surface area contributed by atoms with E-state index in [0.29, 0.717) is 5.56 Å². The average molecular weight is 249 g/mol. The molecule has 5 nitrogen and oxygen atoms in total. The van der Waals surface area contributed by atoms with Crippen LogP contribution in [0.2, 0.25) is 0 Å². The molecule has 1 amide bonds. The van der Waals surface area contributed by atoms with E-state index in [4.69, 9.17) is 0 Å². The minimum absolute atomic E-state index is 0.129. The standard InChI is InChI=1S/C13H19N3O2/c1-14-12-7-6-9(8-15-12)13(18)16-10-4-2-3-5-11(10)17/h6-8,10-11,17H,2-5H2,1H3,(H,14,15)(H,16,18). The molecular formula is C13H19N3O2. The van der Waals surface area contributed by atoms with Gasteiger partial charge in [-0.1, -0.05) is 12.8 Å². The van der Waals surface area contributed by atoms with Gasteiger partial charge in [0.25, 0.3) is 5.91 Å². The number of aromatic nitrogens is 1. The quantitative estimate of drug-likeness (QED) is 0.751. The molecule has 98 valence electrons. The van der Waals surface area contributed by atoms with E-state index in [1.807, 2.05) is 0 Å². The van der Waals surface area contributed by atoms with E-state index in [2.05, 4.69) is 15.6 Å². The van der Waals surface area contributed by atoms with Gasteiger partial charge in [-0.3, -0.25) is 4.79 Å². The lowest BCUT2D eigenvalue weighted by Gasteiger charge is -2.28. The van der Waals surface area contributed by atoms with E-state index in [9.17, 15) is 9.90 Å². The van der Waals surface area contributed by atoms with Crippen molar-refractivity contribution >= 4 is 11.7 Å². The van der Waals surface area contributed by atoms with Crippen molar-refractivity contribution in [3.8, 4) is 0 Å². The Labute approximate surface area is 107 Å². The molecule has 0 aromatic carbocycles. The van der Waals surface area contributed by atoms with Crippen molar-refractivity contribution in [2.45, 2.75) is 37.8 Å². The predicted molar refractivity (Wildman–Crippen MR) is 69.5 cm³/mol. The molecule has 0 aliphatic heterocycles. The van der Waals surface area contributed by atoms with Gasteiger partial charge in [0.1, 0.15) is 5.82 Å². The molecule has 0 spiro atoms. The van der Waals surface area contributed by atoms with E-state index in [1.54, 1.807) is 19.2 Å². The Morgan fingerprint density at radius 3 is 2.78 bits per heavy atom. The number of pyridine rings is 1. The van der Waals surface area contributed by atoms with Crippen molar-refractivity contribution in [1.82, 2.24) is 10.3 Å². The summed E-state index contributed by atoms with van der Waals surface area (Å²) in [4.78, 5) is 16.1. The number of hydrogen-bond donors (Lipinski definition) is 3. The minimum atomic E-state index is -0.424. The van der Waals surface area contributed by atoms with Crippen LogP contribution in [0, 0.1) is 0 Å². The SMILES string of the molecule is CNc1ccc(C(=O)NC2CCCCC2O)cn1. The third-order valence-corrected chi connectivity index (χ3v) is 3.33. The first kappa shape index (κ1) is 12.8. The van der Waals surface area contributed by atoms with Crippen LogP contribution < -0.4 is 10.6 Å². The van der Waals surface area contributed by atoms with Crippen LogP contribution in [0.25, 0.3) is 0 Å². The summed E-state index contributed by atoms with van der Waals surface area (Å²) in [6, 6.07) is 3.35. The molecular weight excluding hydrogens is 230 g/mol. The molecule has 5 heteroatoms. The summed E-state index contributed by atoms with van der Waals surface area (Å²) in [6.45, 7) is 0. The summed E-state index contributed by atoms with van der Waals surface area (Å²) in [6.07, 6.45) is 4.81. The Morgan fingerprint density at radius 2 is 2.17 bits per heavy atom. The number of hydrogen-bond acceptors (Lipinski definition) is 4. The van der Waals surface area contributed by atoms with Crippen LogP contribution in [0.15, 0.2) is 18.3 Å². The van der Waals surface area contributed by atoms with Gasteiger partial charge in [0, 0.05) is 13.2 Å². The average Bonchev–Trinajstić information content (AvgIpc) is 2.41. The molecule has 1 aromatic rings. The Bertz CT molecular complexity index is 405. The maximum atomic E-state index is 12.0. The van der Waals surface area contributed by atoms with E-state index in [1.165, 1.54) is 6.20 Å². The minimum Gasteiger partial charge on any atom is -0.391 e. The van der Waals surface area contributed by atoms with E-state index in [-0.39, 0.29) is 11.9 Å². The molecule has 3 N–H and O–H groups in total. The molecule has 18 heavy (non-hydrogen) atoms. The number of carbonyl (C=O) groups is 1. The van der Waals surface area contributed by atoms with Crippen molar-refractivity contribution < 1.29 is 9.90 Å². The zero-order valence-electron chi connectivity index (χ0n) is 10.5. The van der Waals surface area contributed by atoms with Gasteiger partial charge in [-0.25, -0.2) is 4.98 Å². The summed E-state index contributed by atoms with van der Waals surface area (Å²) in [5, 5.41) is 15.6. The second-order valence-corrected chi connectivity index (χ2v) is 4.61. The molecule has 0 saturated heterocycles. The smallest absolute Gasteiger partial charge is 0.253 e. The third kappa shape index (κ3) is 2.98. The zero-order valence-corrected chi connectivity index (χ0v) is 10.5. The molecule has 2 unspecified atom stereocenters. The molecule has 1 heterocycles. The molecule has 0 bridgehead atoms. The lowest BCUT2D eigenvalue weighted by molar-refractivity contribution is 0.0717. The van der Waals surface area contributed by atoms with Crippen molar-refractivity contribution in [1.29, 1.82) is 0 Å². The highest BCUT2D eigenvalue weighted by molar-refractivity contribution is 5.94. The molecule has 1 aromatic heterocycles. The molecule has 1 saturated carbocycles. The van der Waals surface area contributed by atoms with Gasteiger partial charge in [0.05, 0.1) is 17.7 Å². The third-order valence-electron chi connectivity index (χ3n) is 3.33. The van der Waals surface area contributed by atoms with Gasteiger partial charge in [-0.2, -0.15) is 0 Å². The van der Waals surface area contributed by atoms with Crippen LogP contribution in [0.3, 0.4) is 0 Å². The van der Waals surface area contributed by atoms with Gasteiger partial charge >= 0.3 is 0 Å². The maximum Gasteiger partial charge on any atom is 0.253 e. The lowest BCUT2D eigenvalue weighted by atomic mass is 9.92. The second-order valence-electron chi connectivity index (χ2n) is 4.61. The summed E-state index contributed by atoms with van der Waals surface area (Å²) in [5.74, 6) is 0.556. The second kappa shape index (κ2) is 5.82. The van der Waals surface area contributed by atoms with E-state index in [0.717, 1.165) is 31.5 Å². The Hall–Kier alpha value is -1.62. The number of anilines is 1. The first-order valence-electron chi connectivity index (χ1n) is 6.33. The summed E-state index contributed by atoms with van der Waals surface area (Å²) in [7, 11) is 1.78. The summed E-state index contributed by atoms with van der Waals surface area (Å²) < 4.78 is 0. The zero-order chi connectivity index (χ0) is 13.0. The Morgan fingerprint density at radius 1 is 1.39 bits per heavy atom. The monoisotopic (exact) mass is 249 g/mol. The Balaban J connectivity index is 1.97. The van der Waals surface area contributed by atoms with Gasteiger partial charge in [0.2, 0.25) is 0 Å². The van der Waals surface area contributed by atoms with Crippen molar-refractivity contribution in [3.05, 3.63) is 23.9 Å². The summed E-state index contributed by atoms with van der Waals surface area (Å²) in [5.41, 5.74) is 0.520. The normalized spacial score (nSPS) is 23.4. The van der Waals surface area contributed by atoms with Gasteiger partial charge in [-0.05, 0) is 25.0 Å². The highest BCUT2D eigenvalue weighted by Gasteiger charge is 2.24. The van der Waals surface area contributed by atoms with Gasteiger partial charge in [0.15, 0.2) is 0 Å². The van der Waals surface area contributed by atoms with Crippen LogP contribution in [-0.2, 0) is 0 Å². The predicted octanol–water partition coefficient (Wildman–Crippen LogP) is 1.16. The van der Waals surface area contributed by atoms with Crippen LogP contribution in [0.1, 0.15) is 36.0 Å². The highest BCUT2D eigenvalue weighted by atomic mass is 16.3. The topological polar surface area (TPSA) is 74.2 Å². The van der Waals surface area contributed by atoms with E-state index < -0.39 is 6.10 Å². The largest absolute Gasteiger partial charge is 0.391 e. The van der Waals surface area contributed by atoms with Crippen LogP contribution in [0.4, 0.5) is 5.82 Å². The fourth-order valence-electron chi connectivity index (χ4n) is 2.21. The number of nitrogens with one attached hydrogen (secondary N) is 2. The fraction of sp³-hybridized carbons (Fsp3) is 0.538. The van der Waals surface area contributed by atoms with Crippen molar-refractivity contribution in [2.75, 3.05) is 12.4 Å². The molecule has 1 aliphatic rings. The molecule has 2 atom stereocenters. The highest BCUT2D eigenvalue weighted by Crippen LogP contribution is 2.18. The van der Waals surface area contributed by atoms with Gasteiger partial charge < -0.3 is 15.7 Å². The molecule has 2 rings (SSSR count). The Kier molecular flexibility index (Phi) is 4.15. The fourth-order valence-corrected chi connectivity index (χ4v) is 2.21. The van der Waals surface area contributed by atoms with E-state index >= 15 is 0 Å². The van der Waals surface area contributed by atoms with Crippen LogP contribution in [0.5, 0.6) is 0 Å². The number of amides is 1. The first-order chi connectivity index (χ1) is 8.70. The first-order valence-corrected chi connectivity index (χ1v) is 6.33. The lowest BCUT2D eigenvalue weighted by Crippen LogP contribution is -2.45. The number of rotatable bonds is 3. The summed E-state index contributed by atoms with van der Waals surface area (Å²) >= 11 is 0. The van der Waals surface area contributed by atoms with Crippen LogP contribution in [-0.4, -0.2) is 35.2 Å². The number of carbonyl (C=O) groups excluding carboxylic acids is 1. The van der Waals surface area contributed by atoms with Gasteiger partial charge in [-0.15, -0.1) is 0 Å². The van der Waals surface area contributed by atoms with Crippen molar-refractivity contribution in [3.63, 3.8) is 0 Å².